The highest BCUT2D eigenvalue weighted by Gasteiger charge is 2.11. The molecule has 0 aliphatic carbocycles. The van der Waals surface area contributed by atoms with Gasteiger partial charge < -0.3 is 14.5 Å². The monoisotopic (exact) mass is 254 g/mol. The maximum atomic E-state index is 5.37. The molecule has 0 radical (unpaired) electrons. The summed E-state index contributed by atoms with van der Waals surface area (Å²) in [5.74, 6) is 0.989. The van der Waals surface area contributed by atoms with E-state index in [0.717, 1.165) is 32.0 Å². The summed E-state index contributed by atoms with van der Waals surface area (Å²) >= 11 is 0. The number of nitrogens with zero attached hydrogens (tertiary/aromatic N) is 1. The van der Waals surface area contributed by atoms with Crippen LogP contribution in [-0.2, 0) is 4.74 Å². The largest absolute Gasteiger partial charge is 0.468 e. The summed E-state index contributed by atoms with van der Waals surface area (Å²) in [5, 5.41) is 3.47. The first-order valence-electron chi connectivity index (χ1n) is 6.65. The Balaban J connectivity index is 2.25. The van der Waals surface area contributed by atoms with Gasteiger partial charge >= 0.3 is 0 Å². The molecule has 0 aliphatic rings. The van der Waals surface area contributed by atoms with Crippen molar-refractivity contribution in [1.82, 2.24) is 10.2 Å². The highest BCUT2D eigenvalue weighted by molar-refractivity contribution is 5.02. The standard InChI is InChI=1S/C14H26N2O2/c1-12(2)16(9-11-17-4)8-7-15-13(3)14-6-5-10-18-14/h5-6,10,12-13,15H,7-9,11H2,1-4H3. The second kappa shape index (κ2) is 8.29. The molecule has 1 heterocycles. The highest BCUT2D eigenvalue weighted by Crippen LogP contribution is 2.11. The zero-order valence-electron chi connectivity index (χ0n) is 12.0. The SMILES string of the molecule is COCCN(CCNC(C)c1ccco1)C(C)C. The normalized spacial score (nSPS) is 13.4. The molecule has 0 spiro atoms. The van der Waals surface area contributed by atoms with Gasteiger partial charge in [-0.2, -0.15) is 0 Å². The van der Waals surface area contributed by atoms with E-state index in [0.29, 0.717) is 6.04 Å². The number of hydrogen-bond donors (Lipinski definition) is 1. The van der Waals surface area contributed by atoms with Gasteiger partial charge in [0.15, 0.2) is 0 Å². The molecule has 4 nitrogen and oxygen atoms in total. The Morgan fingerprint density at radius 3 is 2.67 bits per heavy atom. The van der Waals surface area contributed by atoms with Crippen molar-refractivity contribution in [2.24, 2.45) is 0 Å². The molecule has 0 saturated carbocycles. The number of rotatable bonds is 9. The number of methoxy groups -OCH3 is 1. The summed E-state index contributed by atoms with van der Waals surface area (Å²) < 4.78 is 10.5. The van der Waals surface area contributed by atoms with Crippen LogP contribution in [0.15, 0.2) is 22.8 Å². The summed E-state index contributed by atoms with van der Waals surface area (Å²) in [6, 6.07) is 4.73. The smallest absolute Gasteiger partial charge is 0.120 e. The average Bonchev–Trinajstić information content (AvgIpc) is 2.86. The summed E-state index contributed by atoms with van der Waals surface area (Å²) in [6.45, 7) is 10.3. The Bertz CT molecular complexity index is 299. The summed E-state index contributed by atoms with van der Waals surface area (Å²) in [4.78, 5) is 2.41. The molecule has 1 atom stereocenters. The molecular weight excluding hydrogens is 228 g/mol. The van der Waals surface area contributed by atoms with Crippen LogP contribution in [0.25, 0.3) is 0 Å². The molecule has 4 heteroatoms. The van der Waals surface area contributed by atoms with Crippen LogP contribution in [0.1, 0.15) is 32.6 Å². The Morgan fingerprint density at radius 1 is 1.33 bits per heavy atom. The molecule has 0 saturated heterocycles. The van der Waals surface area contributed by atoms with Crippen LogP contribution >= 0.6 is 0 Å². The molecule has 18 heavy (non-hydrogen) atoms. The second-order valence-corrected chi connectivity index (χ2v) is 4.81. The first kappa shape index (κ1) is 15.2. The minimum Gasteiger partial charge on any atom is -0.468 e. The summed E-state index contributed by atoms with van der Waals surface area (Å²) in [7, 11) is 1.75. The Hall–Kier alpha value is -0.840. The van der Waals surface area contributed by atoms with E-state index in [4.69, 9.17) is 9.15 Å². The van der Waals surface area contributed by atoms with Crippen molar-refractivity contribution in [3.05, 3.63) is 24.2 Å². The lowest BCUT2D eigenvalue weighted by Crippen LogP contribution is -2.39. The molecule has 1 rings (SSSR count). The van der Waals surface area contributed by atoms with E-state index in [1.807, 2.05) is 12.1 Å². The fourth-order valence-corrected chi connectivity index (χ4v) is 1.90. The van der Waals surface area contributed by atoms with Gasteiger partial charge in [0.05, 0.1) is 18.9 Å². The summed E-state index contributed by atoms with van der Waals surface area (Å²) in [5.41, 5.74) is 0. The summed E-state index contributed by atoms with van der Waals surface area (Å²) in [6.07, 6.45) is 1.71. The van der Waals surface area contributed by atoms with Crippen molar-refractivity contribution in [2.75, 3.05) is 33.4 Å². The van der Waals surface area contributed by atoms with Crippen LogP contribution in [0.5, 0.6) is 0 Å². The molecule has 0 aliphatic heterocycles. The van der Waals surface area contributed by atoms with Crippen LogP contribution in [0.3, 0.4) is 0 Å². The molecule has 104 valence electrons. The molecule has 0 bridgehead atoms. The van der Waals surface area contributed by atoms with E-state index in [1.165, 1.54) is 0 Å². The zero-order chi connectivity index (χ0) is 13.4. The molecule has 0 fully saturated rings. The van der Waals surface area contributed by atoms with Gasteiger partial charge in [-0.1, -0.05) is 0 Å². The van der Waals surface area contributed by atoms with E-state index in [2.05, 4.69) is 31.0 Å². The number of ether oxygens (including phenoxy) is 1. The molecule has 1 unspecified atom stereocenters. The fourth-order valence-electron chi connectivity index (χ4n) is 1.90. The lowest BCUT2D eigenvalue weighted by Gasteiger charge is -2.26. The van der Waals surface area contributed by atoms with Crippen LogP contribution in [-0.4, -0.2) is 44.3 Å². The van der Waals surface area contributed by atoms with Crippen molar-refractivity contribution >= 4 is 0 Å². The van der Waals surface area contributed by atoms with Crippen LogP contribution in [0.4, 0.5) is 0 Å². The number of hydrogen-bond acceptors (Lipinski definition) is 4. The van der Waals surface area contributed by atoms with Gasteiger partial charge in [0, 0.05) is 32.8 Å². The first-order valence-corrected chi connectivity index (χ1v) is 6.65. The van der Waals surface area contributed by atoms with E-state index in [-0.39, 0.29) is 6.04 Å². The van der Waals surface area contributed by atoms with Gasteiger partial charge in [-0.05, 0) is 32.9 Å². The van der Waals surface area contributed by atoms with E-state index in [1.54, 1.807) is 13.4 Å². The van der Waals surface area contributed by atoms with Gasteiger partial charge in [-0.3, -0.25) is 4.90 Å². The van der Waals surface area contributed by atoms with E-state index in [9.17, 15) is 0 Å². The van der Waals surface area contributed by atoms with Gasteiger partial charge in [0.1, 0.15) is 5.76 Å². The lowest BCUT2D eigenvalue weighted by molar-refractivity contribution is 0.129. The molecule has 1 N–H and O–H groups in total. The predicted octanol–water partition coefficient (Wildman–Crippen LogP) is 2.29. The minimum atomic E-state index is 0.261. The van der Waals surface area contributed by atoms with Crippen molar-refractivity contribution in [3.63, 3.8) is 0 Å². The van der Waals surface area contributed by atoms with Crippen LogP contribution < -0.4 is 5.32 Å². The minimum absolute atomic E-state index is 0.261. The van der Waals surface area contributed by atoms with Gasteiger partial charge in [-0.25, -0.2) is 0 Å². The highest BCUT2D eigenvalue weighted by atomic mass is 16.5. The topological polar surface area (TPSA) is 37.6 Å². The van der Waals surface area contributed by atoms with Gasteiger partial charge in [0.2, 0.25) is 0 Å². The Kier molecular flexibility index (Phi) is 7.01. The maximum Gasteiger partial charge on any atom is 0.120 e. The number of nitrogens with one attached hydrogen (secondary N) is 1. The molecular formula is C14H26N2O2. The van der Waals surface area contributed by atoms with E-state index >= 15 is 0 Å². The number of furan rings is 1. The Labute approximate surface area is 110 Å². The third kappa shape index (κ3) is 5.21. The van der Waals surface area contributed by atoms with E-state index < -0.39 is 0 Å². The van der Waals surface area contributed by atoms with Crippen molar-refractivity contribution in [1.29, 1.82) is 0 Å². The second-order valence-electron chi connectivity index (χ2n) is 4.81. The molecule has 0 aromatic carbocycles. The third-order valence-corrected chi connectivity index (χ3v) is 3.13. The van der Waals surface area contributed by atoms with Crippen molar-refractivity contribution in [3.8, 4) is 0 Å². The van der Waals surface area contributed by atoms with Crippen molar-refractivity contribution < 1.29 is 9.15 Å². The zero-order valence-corrected chi connectivity index (χ0v) is 12.0. The third-order valence-electron chi connectivity index (χ3n) is 3.13. The average molecular weight is 254 g/mol. The predicted molar refractivity (Wildman–Crippen MR) is 73.7 cm³/mol. The van der Waals surface area contributed by atoms with Crippen LogP contribution in [0.2, 0.25) is 0 Å². The molecule has 0 amide bonds. The van der Waals surface area contributed by atoms with Gasteiger partial charge in [0.25, 0.3) is 0 Å². The molecule has 1 aromatic rings. The van der Waals surface area contributed by atoms with Gasteiger partial charge in [-0.15, -0.1) is 0 Å². The Morgan fingerprint density at radius 2 is 2.11 bits per heavy atom. The molecule has 1 aromatic heterocycles. The van der Waals surface area contributed by atoms with Crippen molar-refractivity contribution in [2.45, 2.75) is 32.9 Å². The quantitative estimate of drug-likeness (QED) is 0.733. The fraction of sp³-hybridized carbons (Fsp3) is 0.714. The maximum absolute atomic E-state index is 5.37. The lowest BCUT2D eigenvalue weighted by atomic mass is 10.2. The van der Waals surface area contributed by atoms with Crippen LogP contribution in [0, 0.1) is 0 Å². The first-order chi connectivity index (χ1) is 8.65.